The number of hydrogen-bond donors (Lipinski definition) is 2. The third-order valence-corrected chi connectivity index (χ3v) is 7.42. The van der Waals surface area contributed by atoms with Crippen LogP contribution in [-0.4, -0.2) is 44.4 Å². The lowest BCUT2D eigenvalue weighted by Crippen LogP contribution is -2.30. The van der Waals surface area contributed by atoms with E-state index in [0.717, 1.165) is 4.90 Å². The summed E-state index contributed by atoms with van der Waals surface area (Å²) in [6.07, 6.45) is 1.53. The van der Waals surface area contributed by atoms with E-state index in [1.165, 1.54) is 32.1 Å². The van der Waals surface area contributed by atoms with E-state index in [9.17, 15) is 14.4 Å². The largest absolute Gasteiger partial charge is 0.497 e. The van der Waals surface area contributed by atoms with Crippen LogP contribution in [0, 0.1) is 0 Å². The van der Waals surface area contributed by atoms with Crippen LogP contribution in [0.3, 0.4) is 0 Å². The van der Waals surface area contributed by atoms with Crippen molar-refractivity contribution in [2.45, 2.75) is 4.90 Å². The van der Waals surface area contributed by atoms with Crippen molar-refractivity contribution in [1.82, 2.24) is 5.32 Å². The molecule has 0 aromatic heterocycles. The van der Waals surface area contributed by atoms with Gasteiger partial charge in [-0.15, -0.1) is 11.8 Å². The molecule has 43 heavy (non-hydrogen) atoms. The molecule has 1 heterocycles. The molecule has 0 saturated carbocycles. The van der Waals surface area contributed by atoms with E-state index >= 15 is 0 Å². The number of carbonyl (C=O) groups excluding carboxylic acids is 3. The third kappa shape index (κ3) is 7.35. The van der Waals surface area contributed by atoms with Crippen molar-refractivity contribution in [2.75, 3.05) is 32.1 Å². The third-order valence-electron chi connectivity index (χ3n) is 6.42. The van der Waals surface area contributed by atoms with Crippen LogP contribution in [0.2, 0.25) is 0 Å². The van der Waals surface area contributed by atoms with Crippen molar-refractivity contribution in [3.8, 4) is 23.0 Å². The van der Waals surface area contributed by atoms with Crippen molar-refractivity contribution in [3.05, 3.63) is 113 Å². The van der Waals surface area contributed by atoms with E-state index in [-0.39, 0.29) is 24.0 Å². The number of ketones is 1. The first kappa shape index (κ1) is 29.3. The van der Waals surface area contributed by atoms with Crippen LogP contribution in [0.5, 0.6) is 23.0 Å². The molecule has 5 rings (SSSR count). The van der Waals surface area contributed by atoms with Gasteiger partial charge in [-0.25, -0.2) is 0 Å². The van der Waals surface area contributed by atoms with E-state index in [1.54, 1.807) is 84.9 Å². The van der Waals surface area contributed by atoms with Crippen LogP contribution in [-0.2, 0) is 4.79 Å². The number of methoxy groups -OCH3 is 2. The number of hydrogen-bond acceptors (Lipinski definition) is 8. The number of rotatable bonds is 11. The fourth-order valence-corrected chi connectivity index (χ4v) is 5.06. The molecule has 0 radical (unpaired) electrons. The molecule has 0 unspecified atom stereocenters. The molecule has 218 valence electrons. The van der Waals surface area contributed by atoms with E-state index in [2.05, 4.69) is 10.6 Å². The van der Waals surface area contributed by atoms with Gasteiger partial charge in [0.25, 0.3) is 11.8 Å². The van der Waals surface area contributed by atoms with E-state index in [0.29, 0.717) is 45.4 Å². The van der Waals surface area contributed by atoms with Crippen molar-refractivity contribution in [1.29, 1.82) is 0 Å². The summed E-state index contributed by atoms with van der Waals surface area (Å²) in [5.74, 6) is 1.33. The van der Waals surface area contributed by atoms with Crippen LogP contribution in [0.15, 0.2) is 102 Å². The van der Waals surface area contributed by atoms with Gasteiger partial charge in [0.15, 0.2) is 17.3 Å². The Bertz CT molecular complexity index is 1690. The number of fused-ring (bicyclic) bond motifs is 1. The summed E-state index contributed by atoms with van der Waals surface area (Å²) in [7, 11) is 3.05. The smallest absolute Gasteiger partial charge is 0.272 e. The summed E-state index contributed by atoms with van der Waals surface area (Å²) in [6.45, 7) is 0.139. The number of benzene rings is 4. The first-order valence-electron chi connectivity index (χ1n) is 13.2. The minimum atomic E-state index is -0.548. The molecule has 1 aliphatic rings. The van der Waals surface area contributed by atoms with Gasteiger partial charge in [-0.05, 0) is 72.8 Å². The number of amides is 2. The average Bonchev–Trinajstić information content (AvgIpc) is 3.52. The van der Waals surface area contributed by atoms with Gasteiger partial charge in [0, 0.05) is 27.3 Å². The number of carbonyl (C=O) groups is 3. The molecule has 9 nitrogen and oxygen atoms in total. The van der Waals surface area contributed by atoms with E-state index in [4.69, 9.17) is 18.9 Å². The van der Waals surface area contributed by atoms with Gasteiger partial charge in [-0.3, -0.25) is 14.4 Å². The fourth-order valence-electron chi connectivity index (χ4n) is 4.21. The van der Waals surface area contributed by atoms with Gasteiger partial charge < -0.3 is 29.6 Å². The molecule has 0 saturated heterocycles. The second kappa shape index (κ2) is 13.6. The summed E-state index contributed by atoms with van der Waals surface area (Å²) < 4.78 is 21.5. The van der Waals surface area contributed by atoms with Crippen molar-refractivity contribution < 1.29 is 33.3 Å². The maximum atomic E-state index is 13.5. The molecular formula is C33H28N2O7S. The molecule has 0 spiro atoms. The predicted octanol–water partition coefficient (Wildman–Crippen LogP) is 5.82. The second-order valence-electron chi connectivity index (χ2n) is 9.25. The SMILES string of the molecule is COc1ccc(OC)c(/C=C(\NC(=O)c2ccccc2)C(=O)Nc2cccc(SCC(=O)c3ccc4c(c3)OCO4)c2)c1. The molecule has 0 aliphatic carbocycles. The molecule has 0 fully saturated rings. The maximum absolute atomic E-state index is 13.5. The average molecular weight is 597 g/mol. The fraction of sp³-hybridized carbons (Fsp3) is 0.121. The van der Waals surface area contributed by atoms with Gasteiger partial charge in [0.05, 0.1) is 20.0 Å². The van der Waals surface area contributed by atoms with E-state index in [1.807, 2.05) is 6.07 Å². The summed E-state index contributed by atoms with van der Waals surface area (Å²) in [4.78, 5) is 40.2. The number of nitrogens with one attached hydrogen (secondary N) is 2. The van der Waals surface area contributed by atoms with Gasteiger partial charge >= 0.3 is 0 Å². The lowest BCUT2D eigenvalue weighted by atomic mass is 10.1. The Kier molecular flexibility index (Phi) is 9.28. The number of thioether (sulfide) groups is 1. The Morgan fingerprint density at radius 3 is 2.44 bits per heavy atom. The molecule has 0 atom stereocenters. The Morgan fingerprint density at radius 2 is 1.65 bits per heavy atom. The second-order valence-corrected chi connectivity index (χ2v) is 10.3. The minimum Gasteiger partial charge on any atom is -0.497 e. The molecular weight excluding hydrogens is 568 g/mol. The molecule has 0 bridgehead atoms. The lowest BCUT2D eigenvalue weighted by Gasteiger charge is -2.13. The van der Waals surface area contributed by atoms with Crippen LogP contribution in [0.1, 0.15) is 26.3 Å². The Balaban J connectivity index is 1.33. The zero-order valence-corrected chi connectivity index (χ0v) is 24.2. The van der Waals surface area contributed by atoms with Crippen molar-refractivity contribution in [2.24, 2.45) is 0 Å². The first-order valence-corrected chi connectivity index (χ1v) is 14.2. The van der Waals surface area contributed by atoms with Gasteiger partial charge in [0.2, 0.25) is 6.79 Å². The quantitative estimate of drug-likeness (QED) is 0.127. The molecule has 2 amide bonds. The molecule has 10 heteroatoms. The lowest BCUT2D eigenvalue weighted by molar-refractivity contribution is -0.113. The maximum Gasteiger partial charge on any atom is 0.272 e. The first-order chi connectivity index (χ1) is 20.9. The molecule has 4 aromatic rings. The van der Waals surface area contributed by atoms with Crippen LogP contribution in [0.25, 0.3) is 6.08 Å². The van der Waals surface area contributed by atoms with Crippen LogP contribution in [0.4, 0.5) is 5.69 Å². The highest BCUT2D eigenvalue weighted by atomic mass is 32.2. The van der Waals surface area contributed by atoms with Crippen LogP contribution >= 0.6 is 11.8 Å². The molecule has 1 aliphatic heterocycles. The number of Topliss-reactive ketones (excluding diaryl/α,β-unsaturated/α-hetero) is 1. The Morgan fingerprint density at radius 1 is 0.837 bits per heavy atom. The van der Waals surface area contributed by atoms with Crippen LogP contribution < -0.4 is 29.6 Å². The highest BCUT2D eigenvalue weighted by molar-refractivity contribution is 8.00. The molecule has 4 aromatic carbocycles. The molecule has 2 N–H and O–H groups in total. The van der Waals surface area contributed by atoms with Crippen molar-refractivity contribution in [3.63, 3.8) is 0 Å². The monoisotopic (exact) mass is 596 g/mol. The zero-order chi connectivity index (χ0) is 30.2. The normalized spacial score (nSPS) is 11.9. The highest BCUT2D eigenvalue weighted by Gasteiger charge is 2.18. The van der Waals surface area contributed by atoms with Gasteiger partial charge in [0.1, 0.15) is 17.2 Å². The minimum absolute atomic E-state index is 0.00329. The summed E-state index contributed by atoms with van der Waals surface area (Å²) >= 11 is 1.34. The van der Waals surface area contributed by atoms with E-state index < -0.39 is 11.8 Å². The topological polar surface area (TPSA) is 112 Å². The standard InChI is InChI=1S/C33H28N2O7S/c1-39-25-12-14-29(40-2)23(15-25)16-27(35-32(37)21-7-4-3-5-8-21)33(38)34-24-9-6-10-26(18-24)43-19-28(36)22-11-13-30-31(17-22)42-20-41-30/h3-18H,19-20H2,1-2H3,(H,34,38)(H,35,37)/b27-16-. The Labute approximate surface area is 252 Å². The van der Waals surface area contributed by atoms with Crippen molar-refractivity contribution >= 4 is 41.1 Å². The van der Waals surface area contributed by atoms with Gasteiger partial charge in [-0.1, -0.05) is 24.3 Å². The summed E-state index contributed by atoms with van der Waals surface area (Å²) in [5.41, 5.74) is 1.94. The zero-order valence-electron chi connectivity index (χ0n) is 23.4. The summed E-state index contributed by atoms with van der Waals surface area (Å²) in [5, 5.41) is 5.58. The Hall–Kier alpha value is -5.22. The summed E-state index contributed by atoms with van der Waals surface area (Å²) in [6, 6.07) is 26.0. The predicted molar refractivity (Wildman–Crippen MR) is 164 cm³/mol. The van der Waals surface area contributed by atoms with Gasteiger partial charge in [-0.2, -0.15) is 0 Å². The number of ether oxygens (including phenoxy) is 4. The number of anilines is 1. The highest BCUT2D eigenvalue weighted by Crippen LogP contribution is 2.33.